The molecule has 0 aromatic heterocycles. The molecule has 0 amide bonds. The van der Waals surface area contributed by atoms with Gasteiger partial charge in [0.15, 0.2) is 5.96 Å². The van der Waals surface area contributed by atoms with Gasteiger partial charge in [-0.25, -0.2) is 0 Å². The van der Waals surface area contributed by atoms with Gasteiger partial charge in [0, 0.05) is 62.7 Å². The molecule has 2 aliphatic rings. The van der Waals surface area contributed by atoms with Gasteiger partial charge in [0.1, 0.15) is 11.5 Å². The number of hydrogen-bond donors (Lipinski definition) is 2. The molecule has 2 fully saturated rings. The quantitative estimate of drug-likeness (QED) is 0.513. The lowest BCUT2D eigenvalue weighted by atomic mass is 10.1. The molecule has 1 aromatic carbocycles. The fourth-order valence-electron chi connectivity index (χ4n) is 4.17. The van der Waals surface area contributed by atoms with Crippen LogP contribution in [-0.2, 0) is 0 Å². The predicted molar refractivity (Wildman–Crippen MR) is 119 cm³/mol. The average Bonchev–Trinajstić information content (AvgIpc) is 3.41. The van der Waals surface area contributed by atoms with Gasteiger partial charge in [-0.1, -0.05) is 6.92 Å². The molecular formula is C22H37N5O2. The highest BCUT2D eigenvalue weighted by atomic mass is 16.5. The van der Waals surface area contributed by atoms with Gasteiger partial charge in [-0.3, -0.25) is 4.99 Å². The van der Waals surface area contributed by atoms with Crippen LogP contribution < -0.4 is 25.0 Å². The zero-order valence-corrected chi connectivity index (χ0v) is 18.4. The van der Waals surface area contributed by atoms with E-state index < -0.39 is 0 Å². The van der Waals surface area contributed by atoms with Crippen LogP contribution in [0.2, 0.25) is 0 Å². The highest BCUT2D eigenvalue weighted by Gasteiger charge is 2.25. The fraction of sp³-hybridized carbons (Fsp3) is 0.682. The Kier molecular flexibility index (Phi) is 7.86. The number of aliphatic imine (C=N–C) groups is 1. The molecular weight excluding hydrogens is 366 g/mol. The zero-order valence-electron chi connectivity index (χ0n) is 18.4. The molecule has 0 saturated carbocycles. The van der Waals surface area contributed by atoms with Gasteiger partial charge in [-0.15, -0.1) is 0 Å². The van der Waals surface area contributed by atoms with Gasteiger partial charge in [0.05, 0.1) is 14.2 Å². The van der Waals surface area contributed by atoms with Crippen LogP contribution in [0.5, 0.6) is 11.5 Å². The van der Waals surface area contributed by atoms with E-state index in [0.717, 1.165) is 62.3 Å². The number of anilines is 1. The lowest BCUT2D eigenvalue weighted by Crippen LogP contribution is -2.45. The number of methoxy groups -OCH3 is 2. The molecule has 2 unspecified atom stereocenters. The Hall–Kier alpha value is -2.15. The van der Waals surface area contributed by atoms with E-state index in [1.54, 1.807) is 14.2 Å². The summed E-state index contributed by atoms with van der Waals surface area (Å²) in [5.41, 5.74) is 1.14. The molecule has 2 heterocycles. The van der Waals surface area contributed by atoms with E-state index in [1.807, 2.05) is 6.07 Å². The molecule has 3 rings (SSSR count). The van der Waals surface area contributed by atoms with E-state index >= 15 is 0 Å². The lowest BCUT2D eigenvalue weighted by Gasteiger charge is -2.21. The Bertz CT molecular complexity index is 659. The van der Waals surface area contributed by atoms with Gasteiger partial charge in [0.2, 0.25) is 0 Å². The van der Waals surface area contributed by atoms with Crippen molar-refractivity contribution in [1.82, 2.24) is 15.5 Å². The van der Waals surface area contributed by atoms with Gasteiger partial charge >= 0.3 is 0 Å². The van der Waals surface area contributed by atoms with Gasteiger partial charge in [0.25, 0.3) is 0 Å². The number of hydrogen-bond acceptors (Lipinski definition) is 5. The summed E-state index contributed by atoms with van der Waals surface area (Å²) in [5, 5.41) is 7.06. The molecule has 7 heteroatoms. The lowest BCUT2D eigenvalue weighted by molar-refractivity contribution is 0.343. The predicted octanol–water partition coefficient (Wildman–Crippen LogP) is 2.18. The number of guanidine groups is 1. The van der Waals surface area contributed by atoms with Crippen molar-refractivity contribution in [2.45, 2.75) is 32.7 Å². The van der Waals surface area contributed by atoms with Crippen LogP contribution in [0.4, 0.5) is 5.69 Å². The Labute approximate surface area is 175 Å². The summed E-state index contributed by atoms with van der Waals surface area (Å²) in [6.07, 6.45) is 2.34. The molecule has 29 heavy (non-hydrogen) atoms. The highest BCUT2D eigenvalue weighted by molar-refractivity contribution is 5.80. The smallest absolute Gasteiger partial charge is 0.191 e. The van der Waals surface area contributed by atoms with E-state index in [-0.39, 0.29) is 0 Å². The Balaban J connectivity index is 1.57. The minimum Gasteiger partial charge on any atom is -0.497 e. The maximum absolute atomic E-state index is 5.42. The van der Waals surface area contributed by atoms with Crippen molar-refractivity contribution in [2.75, 3.05) is 64.9 Å². The van der Waals surface area contributed by atoms with Crippen molar-refractivity contribution in [3.63, 3.8) is 0 Å². The first-order valence-corrected chi connectivity index (χ1v) is 10.9. The van der Waals surface area contributed by atoms with Gasteiger partial charge in [-0.05, 0) is 38.8 Å². The van der Waals surface area contributed by atoms with E-state index in [9.17, 15) is 0 Å². The largest absolute Gasteiger partial charge is 0.497 e. The Morgan fingerprint density at radius 2 is 1.83 bits per heavy atom. The van der Waals surface area contributed by atoms with E-state index in [0.29, 0.717) is 12.0 Å². The van der Waals surface area contributed by atoms with Crippen LogP contribution in [0, 0.1) is 5.92 Å². The Morgan fingerprint density at radius 1 is 1.07 bits per heavy atom. The average molecular weight is 404 g/mol. The van der Waals surface area contributed by atoms with Crippen LogP contribution in [0.3, 0.4) is 0 Å². The van der Waals surface area contributed by atoms with Crippen molar-refractivity contribution in [3.05, 3.63) is 18.2 Å². The molecule has 2 aliphatic heterocycles. The molecule has 162 valence electrons. The molecule has 1 aromatic rings. The number of likely N-dealkylation sites (tertiary alicyclic amines) is 1. The number of nitrogens with zero attached hydrogens (tertiary/aromatic N) is 3. The van der Waals surface area contributed by atoms with Crippen molar-refractivity contribution in [1.29, 1.82) is 0 Å². The van der Waals surface area contributed by atoms with E-state index in [2.05, 4.69) is 46.4 Å². The van der Waals surface area contributed by atoms with Crippen molar-refractivity contribution in [3.8, 4) is 11.5 Å². The molecule has 7 nitrogen and oxygen atoms in total. The molecule has 0 bridgehead atoms. The van der Waals surface area contributed by atoms with Crippen LogP contribution >= 0.6 is 0 Å². The third-order valence-corrected chi connectivity index (χ3v) is 5.90. The number of nitrogens with one attached hydrogen (secondary N) is 2. The van der Waals surface area contributed by atoms with Crippen molar-refractivity contribution in [2.24, 2.45) is 10.9 Å². The summed E-state index contributed by atoms with van der Waals surface area (Å²) in [6, 6.07) is 6.43. The maximum Gasteiger partial charge on any atom is 0.191 e. The van der Waals surface area contributed by atoms with Crippen molar-refractivity contribution < 1.29 is 9.47 Å². The SMILES string of the molecule is CCNC(=NCC1CCN(CC)C1)NC1CCN(c2cc(OC)cc(OC)c2)C1. The molecule has 2 N–H and O–H groups in total. The third-order valence-electron chi connectivity index (χ3n) is 5.90. The summed E-state index contributed by atoms with van der Waals surface area (Å²) >= 11 is 0. The number of rotatable bonds is 8. The molecule has 0 spiro atoms. The molecule has 2 atom stereocenters. The second-order valence-electron chi connectivity index (χ2n) is 7.91. The minimum atomic E-state index is 0.376. The fourth-order valence-corrected chi connectivity index (χ4v) is 4.17. The van der Waals surface area contributed by atoms with E-state index in [4.69, 9.17) is 14.5 Å². The second kappa shape index (κ2) is 10.6. The topological polar surface area (TPSA) is 61.4 Å². The first-order valence-electron chi connectivity index (χ1n) is 10.9. The summed E-state index contributed by atoms with van der Waals surface area (Å²) in [5.74, 6) is 3.26. The molecule has 2 saturated heterocycles. The summed E-state index contributed by atoms with van der Waals surface area (Å²) in [6.45, 7) is 11.6. The summed E-state index contributed by atoms with van der Waals surface area (Å²) in [7, 11) is 3.38. The van der Waals surface area contributed by atoms with Crippen LogP contribution in [0.15, 0.2) is 23.2 Å². The minimum absolute atomic E-state index is 0.376. The Morgan fingerprint density at radius 3 is 2.45 bits per heavy atom. The first kappa shape index (κ1) is 21.6. The van der Waals surface area contributed by atoms with Crippen LogP contribution in [-0.4, -0.2) is 76.9 Å². The third kappa shape index (κ3) is 5.92. The van der Waals surface area contributed by atoms with Crippen LogP contribution in [0.1, 0.15) is 26.7 Å². The zero-order chi connectivity index (χ0) is 20.6. The van der Waals surface area contributed by atoms with Gasteiger partial charge < -0.3 is 29.9 Å². The van der Waals surface area contributed by atoms with Gasteiger partial charge in [-0.2, -0.15) is 0 Å². The molecule has 0 radical (unpaired) electrons. The highest BCUT2D eigenvalue weighted by Crippen LogP contribution is 2.30. The standard InChI is InChI=1S/C22H37N5O2/c1-5-23-22(24-14-17-7-9-26(6-2)15-17)25-18-8-10-27(16-18)19-11-20(28-3)13-21(12-19)29-4/h11-13,17-18H,5-10,14-16H2,1-4H3,(H2,23,24,25). The van der Waals surface area contributed by atoms with Crippen LogP contribution in [0.25, 0.3) is 0 Å². The summed E-state index contributed by atoms with van der Waals surface area (Å²) < 4.78 is 10.8. The second-order valence-corrected chi connectivity index (χ2v) is 7.91. The van der Waals surface area contributed by atoms with E-state index in [1.165, 1.54) is 19.5 Å². The monoisotopic (exact) mass is 403 g/mol. The normalized spacial score (nSPS) is 22.8. The maximum atomic E-state index is 5.42. The summed E-state index contributed by atoms with van der Waals surface area (Å²) in [4.78, 5) is 9.78. The number of benzene rings is 1. The number of ether oxygens (including phenoxy) is 2. The van der Waals surface area contributed by atoms with Crippen molar-refractivity contribution >= 4 is 11.6 Å². The first-order chi connectivity index (χ1) is 14.1. The molecule has 0 aliphatic carbocycles.